The Hall–Kier alpha value is -3.08. The Labute approximate surface area is 165 Å². The smallest absolute Gasteiger partial charge is 0.334 e. The average molecular weight is 432 g/mol. The molecule has 1 aliphatic rings. The Morgan fingerprint density at radius 3 is 2.03 bits per heavy atom. The number of nitrogens with zero attached hydrogens (tertiary/aromatic N) is 1. The summed E-state index contributed by atoms with van der Waals surface area (Å²) in [6.45, 7) is 0. The van der Waals surface area contributed by atoms with Crippen LogP contribution in [0.4, 0.5) is 26.3 Å². The first-order valence-electron chi connectivity index (χ1n) is 8.45. The molecular weight excluding hydrogens is 418 g/mol. The van der Waals surface area contributed by atoms with Crippen LogP contribution in [0.25, 0.3) is 0 Å². The van der Waals surface area contributed by atoms with Crippen molar-refractivity contribution in [2.24, 2.45) is 0 Å². The van der Waals surface area contributed by atoms with Crippen LogP contribution >= 0.6 is 0 Å². The molecule has 0 aliphatic carbocycles. The quantitative estimate of drug-likeness (QED) is 0.426. The number of alkyl halides is 6. The van der Waals surface area contributed by atoms with E-state index >= 15 is 0 Å². The Kier molecular flexibility index (Phi) is 5.27. The van der Waals surface area contributed by atoms with Gasteiger partial charge in [0.25, 0.3) is 11.8 Å². The largest absolute Gasteiger partial charge is 0.416 e. The molecule has 1 aliphatic heterocycles. The normalized spacial score (nSPS) is 19.5. The molecule has 2 aromatic rings. The Morgan fingerprint density at radius 1 is 1.00 bits per heavy atom. The maximum absolute atomic E-state index is 13.3. The fourth-order valence-electron chi connectivity index (χ4n) is 3.59. The molecule has 0 aromatic heterocycles. The van der Waals surface area contributed by atoms with E-state index in [1.54, 1.807) is 0 Å². The summed E-state index contributed by atoms with van der Waals surface area (Å²) in [7, 11) is 1.16. The molecule has 0 saturated heterocycles. The summed E-state index contributed by atoms with van der Waals surface area (Å²) in [6.07, 6.45) is -10.2. The van der Waals surface area contributed by atoms with Gasteiger partial charge in [0.1, 0.15) is 0 Å². The minimum atomic E-state index is -5.10. The van der Waals surface area contributed by atoms with Crippen molar-refractivity contribution in [2.45, 2.75) is 24.3 Å². The maximum Gasteiger partial charge on any atom is 0.416 e. The number of carbonyl (C=O) groups is 2. The highest BCUT2D eigenvalue weighted by Gasteiger charge is 2.45. The zero-order chi connectivity index (χ0) is 22.4. The number of fused-ring (bicyclic) bond motifs is 1. The first kappa shape index (κ1) is 21.6. The summed E-state index contributed by atoms with van der Waals surface area (Å²) in [4.78, 5) is 26.0. The summed E-state index contributed by atoms with van der Waals surface area (Å²) in [5, 5.41) is 9.13. The van der Waals surface area contributed by atoms with Gasteiger partial charge in [-0.15, -0.1) is 0 Å². The second-order valence-corrected chi connectivity index (χ2v) is 6.74. The number of hydrogen-bond donors (Lipinski definition) is 2. The number of carbonyl (C=O) groups excluding carboxylic acids is 2. The lowest BCUT2D eigenvalue weighted by molar-refractivity contribution is -0.143. The predicted octanol–water partition coefficient (Wildman–Crippen LogP) is 4.14. The highest BCUT2D eigenvalue weighted by atomic mass is 19.4. The summed E-state index contributed by atoms with van der Waals surface area (Å²) < 4.78 is 79.6. The molecule has 2 aromatic carbocycles. The van der Waals surface area contributed by atoms with Gasteiger partial charge in [-0.25, -0.2) is 5.48 Å². The van der Waals surface area contributed by atoms with Crippen LogP contribution in [0.5, 0.6) is 0 Å². The summed E-state index contributed by atoms with van der Waals surface area (Å²) in [5.41, 5.74) is -2.19. The standard InChI is InChI=1S/C19H14F6N2O3/c1-27-15(9-6-10(18(20,21)22)8-11(7-9)19(23,24)25)14(16(28)26-30)12-4-2-3-5-13(12)17(27)29/h2-8,14-15,30H,1H3,(H,26,28). The van der Waals surface area contributed by atoms with Gasteiger partial charge in [-0.3, -0.25) is 14.8 Å². The van der Waals surface area contributed by atoms with Crippen molar-refractivity contribution in [2.75, 3.05) is 7.05 Å². The molecule has 0 saturated carbocycles. The second-order valence-electron chi connectivity index (χ2n) is 6.74. The van der Waals surface area contributed by atoms with Crippen LogP contribution in [-0.4, -0.2) is 29.0 Å². The fraction of sp³-hybridized carbons (Fsp3) is 0.263. The third kappa shape index (κ3) is 3.72. The van der Waals surface area contributed by atoms with Crippen LogP contribution in [0.1, 0.15) is 44.6 Å². The van der Waals surface area contributed by atoms with Gasteiger partial charge >= 0.3 is 12.4 Å². The lowest BCUT2D eigenvalue weighted by Crippen LogP contribution is -2.45. The monoisotopic (exact) mass is 432 g/mol. The number of nitrogens with one attached hydrogen (secondary N) is 1. The number of rotatable bonds is 2. The van der Waals surface area contributed by atoms with Crippen LogP contribution in [0.3, 0.4) is 0 Å². The molecule has 11 heteroatoms. The lowest BCUT2D eigenvalue weighted by Gasteiger charge is -2.39. The molecule has 2 atom stereocenters. The van der Waals surface area contributed by atoms with Gasteiger partial charge in [0, 0.05) is 12.6 Å². The zero-order valence-corrected chi connectivity index (χ0v) is 15.2. The van der Waals surface area contributed by atoms with Crippen LogP contribution < -0.4 is 5.48 Å². The van der Waals surface area contributed by atoms with Gasteiger partial charge in [0.2, 0.25) is 0 Å². The van der Waals surface area contributed by atoms with E-state index in [2.05, 4.69) is 0 Å². The predicted molar refractivity (Wildman–Crippen MR) is 90.4 cm³/mol. The van der Waals surface area contributed by atoms with Crippen LogP contribution in [0.15, 0.2) is 42.5 Å². The summed E-state index contributed by atoms with van der Waals surface area (Å²) in [6, 6.07) is 5.04. The Balaban J connectivity index is 2.29. The van der Waals surface area contributed by atoms with Crippen molar-refractivity contribution in [3.63, 3.8) is 0 Å². The van der Waals surface area contributed by atoms with Gasteiger partial charge < -0.3 is 4.90 Å². The summed E-state index contributed by atoms with van der Waals surface area (Å²) in [5.74, 6) is -3.22. The Morgan fingerprint density at radius 2 is 1.53 bits per heavy atom. The highest BCUT2D eigenvalue weighted by molar-refractivity contribution is 6.01. The zero-order valence-electron chi connectivity index (χ0n) is 15.2. The number of halogens is 6. The molecule has 2 amide bonds. The topological polar surface area (TPSA) is 69.6 Å². The molecule has 2 N–H and O–H groups in total. The van der Waals surface area contributed by atoms with Gasteiger partial charge in [-0.1, -0.05) is 18.2 Å². The third-order valence-corrected chi connectivity index (χ3v) is 4.92. The van der Waals surface area contributed by atoms with E-state index in [9.17, 15) is 35.9 Å². The molecule has 30 heavy (non-hydrogen) atoms. The average Bonchev–Trinajstić information content (AvgIpc) is 2.68. The highest BCUT2D eigenvalue weighted by Crippen LogP contribution is 2.45. The number of hydroxylamine groups is 1. The van der Waals surface area contributed by atoms with E-state index in [1.807, 2.05) is 0 Å². The van der Waals surface area contributed by atoms with E-state index in [4.69, 9.17) is 5.21 Å². The van der Waals surface area contributed by atoms with Gasteiger partial charge in [-0.2, -0.15) is 26.3 Å². The molecule has 0 spiro atoms. The molecular formula is C19H14F6N2O3. The molecule has 2 unspecified atom stereocenters. The molecule has 5 nitrogen and oxygen atoms in total. The van der Waals surface area contributed by atoms with Crippen LogP contribution in [0, 0.1) is 0 Å². The van der Waals surface area contributed by atoms with Crippen molar-refractivity contribution in [3.8, 4) is 0 Å². The van der Waals surface area contributed by atoms with Crippen molar-refractivity contribution in [3.05, 3.63) is 70.3 Å². The van der Waals surface area contributed by atoms with E-state index in [-0.39, 0.29) is 17.2 Å². The Bertz CT molecular complexity index is 970. The molecule has 0 bridgehead atoms. The third-order valence-electron chi connectivity index (χ3n) is 4.92. The maximum atomic E-state index is 13.3. The van der Waals surface area contributed by atoms with Crippen LogP contribution in [0.2, 0.25) is 0 Å². The SMILES string of the molecule is CN1C(=O)c2ccccc2C(C(=O)NO)C1c1cc(C(F)(F)F)cc(C(F)(F)F)c1. The molecule has 0 radical (unpaired) electrons. The lowest BCUT2D eigenvalue weighted by atomic mass is 9.79. The number of benzene rings is 2. The summed E-state index contributed by atoms with van der Waals surface area (Å²) >= 11 is 0. The fourth-order valence-corrected chi connectivity index (χ4v) is 3.59. The number of hydrogen-bond acceptors (Lipinski definition) is 3. The van der Waals surface area contributed by atoms with E-state index in [0.717, 1.165) is 11.9 Å². The molecule has 160 valence electrons. The number of likely N-dealkylation sites (N-methyl/N-ethyl adjacent to an activating group) is 1. The van der Waals surface area contributed by atoms with E-state index in [1.165, 1.54) is 29.7 Å². The van der Waals surface area contributed by atoms with Gasteiger partial charge in [0.05, 0.1) is 23.1 Å². The second kappa shape index (κ2) is 7.31. The first-order valence-corrected chi connectivity index (χ1v) is 8.45. The van der Waals surface area contributed by atoms with Crippen molar-refractivity contribution >= 4 is 11.8 Å². The minimum absolute atomic E-state index is 0.0385. The molecule has 1 heterocycles. The van der Waals surface area contributed by atoms with Gasteiger partial charge in [-0.05, 0) is 35.4 Å². The van der Waals surface area contributed by atoms with E-state index < -0.39 is 52.8 Å². The van der Waals surface area contributed by atoms with Gasteiger partial charge in [0.15, 0.2) is 0 Å². The first-order chi connectivity index (χ1) is 13.9. The number of amides is 2. The van der Waals surface area contributed by atoms with Crippen molar-refractivity contribution in [1.29, 1.82) is 0 Å². The van der Waals surface area contributed by atoms with Crippen molar-refractivity contribution in [1.82, 2.24) is 10.4 Å². The molecule has 0 fully saturated rings. The minimum Gasteiger partial charge on any atom is -0.334 e. The van der Waals surface area contributed by atoms with E-state index in [0.29, 0.717) is 12.1 Å². The molecule has 3 rings (SSSR count). The van der Waals surface area contributed by atoms with Crippen molar-refractivity contribution < 1.29 is 41.1 Å². The van der Waals surface area contributed by atoms with Crippen LogP contribution in [-0.2, 0) is 17.1 Å².